The lowest BCUT2D eigenvalue weighted by atomic mass is 10.2. The Morgan fingerprint density at radius 3 is 2.86 bits per heavy atom. The van der Waals surface area contributed by atoms with Gasteiger partial charge >= 0.3 is 0 Å². The van der Waals surface area contributed by atoms with Gasteiger partial charge in [0.25, 0.3) is 0 Å². The number of nitrogens with one attached hydrogen (secondary N) is 1. The zero-order valence-corrected chi connectivity index (χ0v) is 10.4. The zero-order valence-electron chi connectivity index (χ0n) is 8.04. The third-order valence-electron chi connectivity index (χ3n) is 2.10. The monoisotopic (exact) mass is 257 g/mol. The average molecular weight is 258 g/mol. The fraction of sp³-hybridized carbons (Fsp3) is 1.00. The Bertz CT molecular complexity index is 250. The van der Waals surface area contributed by atoms with E-state index in [4.69, 9.17) is 11.6 Å². The van der Waals surface area contributed by atoms with E-state index in [-0.39, 0.29) is 5.75 Å². The largest absolute Gasteiger partial charge is 0.214 e. The van der Waals surface area contributed by atoms with E-state index in [1.807, 2.05) is 11.8 Å². The molecule has 84 valence electrons. The standard InChI is InChI=1S/C8H16ClNO2S2/c9-4-2-6-14(11,12)10-7-8-3-1-5-13-8/h8,10H,1-7H2. The van der Waals surface area contributed by atoms with E-state index >= 15 is 0 Å². The van der Waals surface area contributed by atoms with Crippen molar-refractivity contribution in [2.75, 3.05) is 23.9 Å². The van der Waals surface area contributed by atoms with Crippen molar-refractivity contribution >= 4 is 33.4 Å². The van der Waals surface area contributed by atoms with E-state index in [0.717, 1.165) is 12.2 Å². The first kappa shape index (κ1) is 12.6. The van der Waals surface area contributed by atoms with Gasteiger partial charge in [0.2, 0.25) is 10.0 Å². The van der Waals surface area contributed by atoms with E-state index in [2.05, 4.69) is 4.72 Å². The number of sulfonamides is 1. The molecule has 1 aliphatic heterocycles. The fourth-order valence-electron chi connectivity index (χ4n) is 1.34. The van der Waals surface area contributed by atoms with Crippen LogP contribution >= 0.6 is 23.4 Å². The third kappa shape index (κ3) is 4.87. The molecule has 0 aromatic carbocycles. The van der Waals surface area contributed by atoms with E-state index in [1.165, 1.54) is 6.42 Å². The van der Waals surface area contributed by atoms with E-state index in [0.29, 0.717) is 24.1 Å². The first-order valence-corrected chi connectivity index (χ1v) is 8.02. The summed E-state index contributed by atoms with van der Waals surface area (Å²) in [6, 6.07) is 0. The van der Waals surface area contributed by atoms with Crippen LogP contribution in [0.25, 0.3) is 0 Å². The molecule has 1 aliphatic rings. The highest BCUT2D eigenvalue weighted by atomic mass is 35.5. The Morgan fingerprint density at radius 1 is 1.50 bits per heavy atom. The van der Waals surface area contributed by atoms with Gasteiger partial charge in [-0.2, -0.15) is 11.8 Å². The Kier molecular flexibility index (Phi) is 5.59. The molecule has 1 heterocycles. The number of hydrogen-bond acceptors (Lipinski definition) is 3. The second-order valence-electron chi connectivity index (χ2n) is 3.34. The lowest BCUT2D eigenvalue weighted by molar-refractivity contribution is 0.578. The quantitative estimate of drug-likeness (QED) is 0.733. The van der Waals surface area contributed by atoms with Crippen LogP contribution in [0.4, 0.5) is 0 Å². The van der Waals surface area contributed by atoms with Crippen LogP contribution in [0.2, 0.25) is 0 Å². The maximum Gasteiger partial charge on any atom is 0.211 e. The molecule has 1 N–H and O–H groups in total. The summed E-state index contributed by atoms with van der Waals surface area (Å²) in [7, 11) is -3.08. The van der Waals surface area contributed by atoms with E-state index in [9.17, 15) is 8.42 Å². The van der Waals surface area contributed by atoms with Crippen molar-refractivity contribution in [3.63, 3.8) is 0 Å². The van der Waals surface area contributed by atoms with Gasteiger partial charge in [-0.1, -0.05) is 0 Å². The molecule has 14 heavy (non-hydrogen) atoms. The Morgan fingerprint density at radius 2 is 2.29 bits per heavy atom. The first-order chi connectivity index (χ1) is 6.64. The molecule has 3 nitrogen and oxygen atoms in total. The summed E-state index contributed by atoms with van der Waals surface area (Å²) >= 11 is 7.29. The second-order valence-corrected chi connectivity index (χ2v) is 7.06. The number of thioether (sulfide) groups is 1. The molecule has 0 aliphatic carbocycles. The zero-order chi connectivity index (χ0) is 10.4. The van der Waals surface area contributed by atoms with E-state index < -0.39 is 10.0 Å². The topological polar surface area (TPSA) is 46.2 Å². The van der Waals surface area contributed by atoms with Gasteiger partial charge in [0.05, 0.1) is 5.75 Å². The van der Waals surface area contributed by atoms with Gasteiger partial charge in [-0.3, -0.25) is 0 Å². The van der Waals surface area contributed by atoms with Crippen molar-refractivity contribution in [1.82, 2.24) is 4.72 Å². The van der Waals surface area contributed by atoms with Crippen LogP contribution in [-0.2, 0) is 10.0 Å². The maximum absolute atomic E-state index is 11.4. The highest BCUT2D eigenvalue weighted by Crippen LogP contribution is 2.25. The second kappa shape index (κ2) is 6.20. The molecule has 0 aromatic heterocycles. The summed E-state index contributed by atoms with van der Waals surface area (Å²) in [5.41, 5.74) is 0. The van der Waals surface area contributed by atoms with Crippen LogP contribution in [0.1, 0.15) is 19.3 Å². The molecule has 1 unspecified atom stereocenters. The lowest BCUT2D eigenvalue weighted by Gasteiger charge is -2.10. The molecule has 0 amide bonds. The summed E-state index contributed by atoms with van der Waals surface area (Å²) in [5, 5.41) is 0.473. The summed E-state index contributed by atoms with van der Waals surface area (Å²) < 4.78 is 25.4. The predicted octanol–water partition coefficient (Wildman–Crippen LogP) is 1.43. The van der Waals surface area contributed by atoms with Crippen molar-refractivity contribution in [3.05, 3.63) is 0 Å². The minimum Gasteiger partial charge on any atom is -0.214 e. The van der Waals surface area contributed by atoms with Crippen LogP contribution in [0, 0.1) is 0 Å². The van der Waals surface area contributed by atoms with Crippen LogP contribution in [0.3, 0.4) is 0 Å². The molecule has 1 saturated heterocycles. The smallest absolute Gasteiger partial charge is 0.211 e. The van der Waals surface area contributed by atoms with Crippen molar-refractivity contribution in [2.45, 2.75) is 24.5 Å². The Balaban J connectivity index is 2.21. The molecule has 0 saturated carbocycles. The summed E-state index contributed by atoms with van der Waals surface area (Å²) in [5.74, 6) is 1.71. The molecule has 0 radical (unpaired) electrons. The van der Waals surface area contributed by atoms with Crippen LogP contribution in [-0.4, -0.2) is 37.6 Å². The van der Waals surface area contributed by atoms with Crippen LogP contribution < -0.4 is 4.72 Å². The summed E-state index contributed by atoms with van der Waals surface area (Å²) in [6.45, 7) is 0.579. The molecule has 1 atom stereocenters. The van der Waals surface area contributed by atoms with Crippen molar-refractivity contribution in [3.8, 4) is 0 Å². The minimum absolute atomic E-state index is 0.147. The van der Waals surface area contributed by atoms with Crippen molar-refractivity contribution < 1.29 is 8.42 Å². The summed E-state index contributed by atoms with van der Waals surface area (Å²) in [6.07, 6.45) is 2.86. The molecule has 6 heteroatoms. The SMILES string of the molecule is O=S(=O)(CCCCl)NCC1CCCS1. The minimum atomic E-state index is -3.08. The first-order valence-electron chi connectivity index (χ1n) is 4.79. The van der Waals surface area contributed by atoms with Gasteiger partial charge in [-0.05, 0) is 25.0 Å². The van der Waals surface area contributed by atoms with Crippen LogP contribution in [0.5, 0.6) is 0 Å². The number of halogens is 1. The molecule has 1 rings (SSSR count). The van der Waals surface area contributed by atoms with Crippen molar-refractivity contribution in [2.24, 2.45) is 0 Å². The Labute approximate surface area is 95.0 Å². The highest BCUT2D eigenvalue weighted by Gasteiger charge is 2.18. The third-order valence-corrected chi connectivity index (χ3v) is 5.20. The molecular formula is C8H16ClNO2S2. The average Bonchev–Trinajstić information content (AvgIpc) is 2.64. The van der Waals surface area contributed by atoms with Gasteiger partial charge in [-0.15, -0.1) is 11.6 Å². The van der Waals surface area contributed by atoms with Gasteiger partial charge in [-0.25, -0.2) is 13.1 Å². The molecule has 1 fully saturated rings. The van der Waals surface area contributed by atoms with E-state index in [1.54, 1.807) is 0 Å². The number of rotatable bonds is 6. The molecule has 0 spiro atoms. The predicted molar refractivity (Wildman–Crippen MR) is 62.6 cm³/mol. The molecular weight excluding hydrogens is 242 g/mol. The number of alkyl halides is 1. The maximum atomic E-state index is 11.4. The van der Waals surface area contributed by atoms with Crippen LogP contribution in [0.15, 0.2) is 0 Å². The number of hydrogen-bond donors (Lipinski definition) is 1. The van der Waals surface area contributed by atoms with Crippen molar-refractivity contribution in [1.29, 1.82) is 0 Å². The highest BCUT2D eigenvalue weighted by molar-refractivity contribution is 8.00. The normalized spacial score (nSPS) is 22.8. The Hall–Kier alpha value is 0.550. The van der Waals surface area contributed by atoms with Gasteiger partial charge in [0, 0.05) is 17.7 Å². The molecule has 0 bridgehead atoms. The lowest BCUT2D eigenvalue weighted by Crippen LogP contribution is -2.31. The van der Waals surface area contributed by atoms with Gasteiger partial charge < -0.3 is 0 Å². The summed E-state index contributed by atoms with van der Waals surface area (Å²) in [4.78, 5) is 0. The van der Waals surface area contributed by atoms with Gasteiger partial charge in [0.1, 0.15) is 0 Å². The molecule has 0 aromatic rings. The fourth-order valence-corrected chi connectivity index (χ4v) is 4.06. The van der Waals surface area contributed by atoms with Gasteiger partial charge in [0.15, 0.2) is 0 Å².